The predicted molar refractivity (Wildman–Crippen MR) is 64.8 cm³/mol. The van der Waals surface area contributed by atoms with Crippen LogP contribution in [0.25, 0.3) is 0 Å². The number of amides is 2. The number of hydrogen-bond acceptors (Lipinski definition) is 2. The second-order valence-electron chi connectivity index (χ2n) is 5.29. The molecule has 17 heavy (non-hydrogen) atoms. The van der Waals surface area contributed by atoms with E-state index in [1.54, 1.807) is 0 Å². The Labute approximate surface area is 102 Å². The molecule has 1 saturated carbocycles. The lowest BCUT2D eigenvalue weighted by molar-refractivity contribution is -0.138. The third-order valence-electron chi connectivity index (χ3n) is 3.10. The fourth-order valence-corrected chi connectivity index (χ4v) is 2.27. The second-order valence-corrected chi connectivity index (χ2v) is 5.29. The van der Waals surface area contributed by atoms with Gasteiger partial charge in [0.25, 0.3) is 0 Å². The first-order valence-electron chi connectivity index (χ1n) is 6.21. The average molecular weight is 242 g/mol. The molecule has 0 bridgehead atoms. The Kier molecular flexibility index (Phi) is 4.78. The molecule has 0 unspecified atom stereocenters. The first kappa shape index (κ1) is 13.8. The van der Waals surface area contributed by atoms with Gasteiger partial charge in [0.1, 0.15) is 0 Å². The van der Waals surface area contributed by atoms with Gasteiger partial charge in [-0.05, 0) is 18.8 Å². The molecular weight excluding hydrogens is 220 g/mol. The summed E-state index contributed by atoms with van der Waals surface area (Å²) in [6, 6.07) is -0.248. The van der Waals surface area contributed by atoms with Gasteiger partial charge in [0.15, 0.2) is 0 Å². The molecule has 1 aliphatic carbocycles. The molecule has 0 aromatic heterocycles. The molecule has 5 heteroatoms. The number of hydrogen-bond donors (Lipinski definition) is 3. The predicted octanol–water partition coefficient (Wildman–Crippen LogP) is 1.73. The van der Waals surface area contributed by atoms with Crippen LogP contribution in [0.4, 0.5) is 4.79 Å². The van der Waals surface area contributed by atoms with E-state index in [-0.39, 0.29) is 12.5 Å². The summed E-state index contributed by atoms with van der Waals surface area (Å²) in [4.78, 5) is 22.5. The zero-order valence-corrected chi connectivity index (χ0v) is 10.6. The Morgan fingerprint density at radius 2 is 1.88 bits per heavy atom. The minimum absolute atomic E-state index is 0.0160. The summed E-state index contributed by atoms with van der Waals surface area (Å²) in [6.45, 7) is 4.64. The lowest BCUT2D eigenvalue weighted by atomic mass is 9.93. The average Bonchev–Trinajstić information content (AvgIpc) is 2.62. The zero-order chi connectivity index (χ0) is 12.9. The Hall–Kier alpha value is -1.26. The minimum atomic E-state index is -0.851. The van der Waals surface area contributed by atoms with Crippen molar-refractivity contribution in [3.05, 3.63) is 0 Å². The number of urea groups is 1. The Morgan fingerprint density at radius 1 is 1.29 bits per heavy atom. The maximum absolute atomic E-state index is 11.7. The third kappa shape index (κ3) is 4.63. The summed E-state index contributed by atoms with van der Waals surface area (Å²) >= 11 is 0. The van der Waals surface area contributed by atoms with Crippen molar-refractivity contribution in [2.75, 3.05) is 6.54 Å². The van der Waals surface area contributed by atoms with Crippen molar-refractivity contribution in [2.45, 2.75) is 51.5 Å². The Bertz CT molecular complexity index is 283. The van der Waals surface area contributed by atoms with Crippen LogP contribution >= 0.6 is 0 Å². The molecule has 1 aliphatic rings. The van der Waals surface area contributed by atoms with Gasteiger partial charge in [0, 0.05) is 6.54 Å². The molecule has 0 aromatic carbocycles. The zero-order valence-electron chi connectivity index (χ0n) is 10.6. The van der Waals surface area contributed by atoms with E-state index in [1.807, 2.05) is 13.8 Å². The van der Waals surface area contributed by atoms with Gasteiger partial charge in [0.05, 0.1) is 12.0 Å². The van der Waals surface area contributed by atoms with Crippen molar-refractivity contribution in [1.29, 1.82) is 0 Å². The molecule has 2 amide bonds. The fourth-order valence-electron chi connectivity index (χ4n) is 2.27. The van der Waals surface area contributed by atoms with Crippen LogP contribution < -0.4 is 10.6 Å². The standard InChI is InChI=1S/C12H22N2O3/c1-9(2)8-13-11(17)14-12(7-10(15)16)5-3-4-6-12/h9H,3-8H2,1-2H3,(H,15,16)(H2,13,14,17). The van der Waals surface area contributed by atoms with Gasteiger partial charge in [-0.3, -0.25) is 4.79 Å². The molecule has 0 aliphatic heterocycles. The van der Waals surface area contributed by atoms with Crippen LogP contribution in [-0.2, 0) is 4.79 Å². The van der Waals surface area contributed by atoms with Gasteiger partial charge in [-0.25, -0.2) is 4.79 Å². The molecule has 0 saturated heterocycles. The maximum atomic E-state index is 11.7. The highest BCUT2D eigenvalue weighted by Crippen LogP contribution is 2.32. The van der Waals surface area contributed by atoms with Crippen molar-refractivity contribution in [2.24, 2.45) is 5.92 Å². The molecule has 98 valence electrons. The number of nitrogens with one attached hydrogen (secondary N) is 2. The number of carbonyl (C=O) groups excluding carboxylic acids is 1. The van der Waals surface area contributed by atoms with E-state index in [0.29, 0.717) is 12.5 Å². The Morgan fingerprint density at radius 3 is 2.35 bits per heavy atom. The highest BCUT2D eigenvalue weighted by molar-refractivity contribution is 5.76. The van der Waals surface area contributed by atoms with Crippen LogP contribution in [-0.4, -0.2) is 29.2 Å². The van der Waals surface area contributed by atoms with Gasteiger partial charge >= 0.3 is 12.0 Å². The number of rotatable bonds is 5. The summed E-state index contributed by atoms with van der Waals surface area (Å²) in [5.41, 5.74) is -0.535. The van der Waals surface area contributed by atoms with Crippen LogP contribution in [0, 0.1) is 5.92 Å². The number of carboxylic acids is 1. The second kappa shape index (κ2) is 5.89. The highest BCUT2D eigenvalue weighted by atomic mass is 16.4. The fraction of sp³-hybridized carbons (Fsp3) is 0.833. The smallest absolute Gasteiger partial charge is 0.315 e. The first-order valence-corrected chi connectivity index (χ1v) is 6.21. The van der Waals surface area contributed by atoms with Gasteiger partial charge in [-0.1, -0.05) is 26.7 Å². The summed E-state index contributed by atoms with van der Waals surface area (Å²) in [5.74, 6) is -0.462. The summed E-state index contributed by atoms with van der Waals surface area (Å²) < 4.78 is 0. The van der Waals surface area contributed by atoms with E-state index in [2.05, 4.69) is 10.6 Å². The minimum Gasteiger partial charge on any atom is -0.481 e. The van der Waals surface area contributed by atoms with Crippen molar-refractivity contribution >= 4 is 12.0 Å². The quantitative estimate of drug-likeness (QED) is 0.687. The van der Waals surface area contributed by atoms with Crippen LogP contribution in [0.15, 0.2) is 0 Å². The molecule has 0 spiro atoms. The SMILES string of the molecule is CC(C)CNC(=O)NC1(CC(=O)O)CCCC1. The summed E-state index contributed by atoms with van der Waals surface area (Å²) in [7, 11) is 0. The molecule has 1 rings (SSSR count). The van der Waals surface area contributed by atoms with E-state index in [9.17, 15) is 9.59 Å². The summed E-state index contributed by atoms with van der Waals surface area (Å²) in [5, 5.41) is 14.5. The van der Waals surface area contributed by atoms with E-state index in [1.165, 1.54) is 0 Å². The van der Waals surface area contributed by atoms with Crippen LogP contribution in [0.3, 0.4) is 0 Å². The van der Waals surface area contributed by atoms with Crippen molar-refractivity contribution < 1.29 is 14.7 Å². The van der Waals surface area contributed by atoms with Gasteiger partial charge in [0.2, 0.25) is 0 Å². The van der Waals surface area contributed by atoms with E-state index >= 15 is 0 Å². The monoisotopic (exact) mass is 242 g/mol. The highest BCUT2D eigenvalue weighted by Gasteiger charge is 2.37. The third-order valence-corrected chi connectivity index (χ3v) is 3.10. The molecule has 0 aromatic rings. The normalized spacial score (nSPS) is 18.1. The van der Waals surface area contributed by atoms with E-state index in [4.69, 9.17) is 5.11 Å². The number of carbonyl (C=O) groups is 2. The molecule has 0 heterocycles. The maximum Gasteiger partial charge on any atom is 0.315 e. The first-order chi connectivity index (χ1) is 7.93. The largest absolute Gasteiger partial charge is 0.481 e. The number of aliphatic carboxylic acids is 1. The lowest BCUT2D eigenvalue weighted by Gasteiger charge is -2.28. The van der Waals surface area contributed by atoms with E-state index in [0.717, 1.165) is 25.7 Å². The Balaban J connectivity index is 2.49. The van der Waals surface area contributed by atoms with Crippen LogP contribution in [0.1, 0.15) is 46.0 Å². The van der Waals surface area contributed by atoms with Gasteiger partial charge in [-0.2, -0.15) is 0 Å². The van der Waals surface area contributed by atoms with Crippen molar-refractivity contribution in [3.8, 4) is 0 Å². The van der Waals surface area contributed by atoms with Gasteiger partial charge in [-0.15, -0.1) is 0 Å². The van der Waals surface area contributed by atoms with Crippen molar-refractivity contribution in [3.63, 3.8) is 0 Å². The lowest BCUT2D eigenvalue weighted by Crippen LogP contribution is -2.52. The molecule has 1 fully saturated rings. The van der Waals surface area contributed by atoms with Crippen LogP contribution in [0.5, 0.6) is 0 Å². The molecule has 0 atom stereocenters. The molecule has 3 N–H and O–H groups in total. The molecule has 5 nitrogen and oxygen atoms in total. The summed E-state index contributed by atoms with van der Waals surface area (Å²) in [6.07, 6.45) is 3.50. The van der Waals surface area contributed by atoms with E-state index < -0.39 is 11.5 Å². The molecular formula is C12H22N2O3. The number of carboxylic acid groups (broad SMARTS) is 1. The van der Waals surface area contributed by atoms with Gasteiger partial charge < -0.3 is 15.7 Å². The topological polar surface area (TPSA) is 78.4 Å². The van der Waals surface area contributed by atoms with Crippen molar-refractivity contribution in [1.82, 2.24) is 10.6 Å². The molecule has 0 radical (unpaired) electrons. The van der Waals surface area contributed by atoms with Crippen LogP contribution in [0.2, 0.25) is 0 Å².